The van der Waals surface area contributed by atoms with E-state index in [9.17, 15) is 0 Å². The van der Waals surface area contributed by atoms with Crippen LogP contribution in [0, 0.1) is 5.41 Å². The zero-order valence-corrected chi connectivity index (χ0v) is 11.2. The molecule has 0 atom stereocenters. The molecule has 1 aliphatic carbocycles. The number of thioether (sulfide) groups is 1. The van der Waals surface area contributed by atoms with Gasteiger partial charge in [-0.3, -0.25) is 4.99 Å². The van der Waals surface area contributed by atoms with Crippen molar-refractivity contribution in [1.29, 1.82) is 0 Å². The Hall–Kier alpha value is -0.180. The van der Waals surface area contributed by atoms with Gasteiger partial charge in [-0.15, -0.1) is 0 Å². The van der Waals surface area contributed by atoms with E-state index in [4.69, 9.17) is 5.73 Å². The number of nitrogens with zero attached hydrogens (tertiary/aromatic N) is 1. The molecule has 0 aromatic heterocycles. The van der Waals surface area contributed by atoms with E-state index in [1.54, 1.807) is 0 Å². The monoisotopic (exact) mass is 228 g/mol. The quantitative estimate of drug-likeness (QED) is 0.583. The first kappa shape index (κ1) is 12.9. The summed E-state index contributed by atoms with van der Waals surface area (Å²) in [5, 5.41) is 0.854. The van der Waals surface area contributed by atoms with E-state index in [-0.39, 0.29) is 5.41 Å². The zero-order chi connectivity index (χ0) is 11.5. The third-order valence-electron chi connectivity index (χ3n) is 3.07. The Morgan fingerprint density at radius 1 is 1.20 bits per heavy atom. The molecule has 1 rings (SSSR count). The standard InChI is InChI=1S/C12H24N2S/c1-12(2,3)11(13)14-9-5-7-10(15-4)8-6-9/h9-10H,5-8H2,1-4H3,(H2,13,14). The largest absolute Gasteiger partial charge is 0.387 e. The Bertz CT molecular complexity index is 222. The van der Waals surface area contributed by atoms with Crippen molar-refractivity contribution in [3.8, 4) is 0 Å². The molecular formula is C12H24N2S. The van der Waals surface area contributed by atoms with Crippen LogP contribution < -0.4 is 5.73 Å². The van der Waals surface area contributed by atoms with E-state index in [1.165, 1.54) is 25.7 Å². The van der Waals surface area contributed by atoms with Crippen molar-refractivity contribution >= 4 is 17.6 Å². The Balaban J connectivity index is 2.48. The van der Waals surface area contributed by atoms with E-state index < -0.39 is 0 Å². The minimum absolute atomic E-state index is 0.0242. The lowest BCUT2D eigenvalue weighted by atomic mass is 9.92. The lowest BCUT2D eigenvalue weighted by Crippen LogP contribution is -2.31. The van der Waals surface area contributed by atoms with Gasteiger partial charge in [-0.05, 0) is 31.9 Å². The predicted octanol–water partition coefficient (Wildman–Crippen LogP) is 3.06. The number of nitrogens with two attached hydrogens (primary N) is 1. The summed E-state index contributed by atoms with van der Waals surface area (Å²) in [6, 6.07) is 0.479. The Morgan fingerprint density at radius 2 is 1.73 bits per heavy atom. The van der Waals surface area contributed by atoms with E-state index in [0.717, 1.165) is 11.1 Å². The first-order valence-electron chi connectivity index (χ1n) is 5.80. The molecule has 15 heavy (non-hydrogen) atoms. The fourth-order valence-electron chi connectivity index (χ4n) is 1.80. The average molecular weight is 228 g/mol. The summed E-state index contributed by atoms with van der Waals surface area (Å²) in [5.41, 5.74) is 6.02. The third-order valence-corrected chi connectivity index (χ3v) is 4.21. The maximum absolute atomic E-state index is 5.99. The number of rotatable bonds is 2. The van der Waals surface area contributed by atoms with Crippen LogP contribution >= 0.6 is 11.8 Å². The summed E-state index contributed by atoms with van der Waals surface area (Å²) in [5.74, 6) is 0.815. The molecule has 0 aromatic carbocycles. The molecule has 0 spiro atoms. The van der Waals surface area contributed by atoms with Crippen molar-refractivity contribution in [2.24, 2.45) is 16.1 Å². The number of hydrogen-bond acceptors (Lipinski definition) is 2. The van der Waals surface area contributed by atoms with Crippen molar-refractivity contribution in [3.63, 3.8) is 0 Å². The van der Waals surface area contributed by atoms with Crippen molar-refractivity contribution in [3.05, 3.63) is 0 Å². The topological polar surface area (TPSA) is 38.4 Å². The van der Waals surface area contributed by atoms with E-state index >= 15 is 0 Å². The number of aliphatic imine (C=N–C) groups is 1. The van der Waals surface area contributed by atoms with Gasteiger partial charge in [0.05, 0.1) is 11.9 Å². The molecule has 1 saturated carbocycles. The van der Waals surface area contributed by atoms with Gasteiger partial charge in [0, 0.05) is 10.7 Å². The minimum Gasteiger partial charge on any atom is -0.387 e. The highest BCUT2D eigenvalue weighted by Gasteiger charge is 2.22. The van der Waals surface area contributed by atoms with Crippen molar-refractivity contribution in [1.82, 2.24) is 0 Å². The molecule has 0 aliphatic heterocycles. The van der Waals surface area contributed by atoms with Crippen LogP contribution in [-0.4, -0.2) is 23.4 Å². The van der Waals surface area contributed by atoms with Gasteiger partial charge in [-0.1, -0.05) is 20.8 Å². The average Bonchev–Trinajstić information content (AvgIpc) is 2.17. The normalized spacial score (nSPS) is 29.2. The second kappa shape index (κ2) is 5.24. The van der Waals surface area contributed by atoms with Gasteiger partial charge < -0.3 is 5.73 Å². The fraction of sp³-hybridized carbons (Fsp3) is 0.917. The molecule has 3 heteroatoms. The molecule has 0 aromatic rings. The Kier molecular flexibility index (Phi) is 4.50. The lowest BCUT2D eigenvalue weighted by molar-refractivity contribution is 0.446. The zero-order valence-electron chi connectivity index (χ0n) is 10.4. The molecule has 1 aliphatic rings. The van der Waals surface area contributed by atoms with Crippen molar-refractivity contribution in [2.45, 2.75) is 57.7 Å². The lowest BCUT2D eigenvalue weighted by Gasteiger charge is -2.27. The van der Waals surface area contributed by atoms with Crippen LogP contribution in [0.3, 0.4) is 0 Å². The molecule has 0 unspecified atom stereocenters. The highest BCUT2D eigenvalue weighted by atomic mass is 32.2. The van der Waals surface area contributed by atoms with Crippen LogP contribution in [0.25, 0.3) is 0 Å². The molecule has 2 N–H and O–H groups in total. The molecule has 0 amide bonds. The van der Waals surface area contributed by atoms with Gasteiger partial charge in [0.25, 0.3) is 0 Å². The third kappa shape index (κ3) is 4.06. The van der Waals surface area contributed by atoms with Gasteiger partial charge >= 0.3 is 0 Å². The first-order valence-corrected chi connectivity index (χ1v) is 7.09. The van der Waals surface area contributed by atoms with Gasteiger partial charge in [0.15, 0.2) is 0 Å². The van der Waals surface area contributed by atoms with E-state index in [0.29, 0.717) is 6.04 Å². The summed E-state index contributed by atoms with van der Waals surface area (Å²) in [4.78, 5) is 4.66. The minimum atomic E-state index is 0.0242. The first-order chi connectivity index (χ1) is 6.93. The molecule has 1 fully saturated rings. The fourth-order valence-corrected chi connectivity index (χ4v) is 2.54. The highest BCUT2D eigenvalue weighted by molar-refractivity contribution is 7.99. The molecule has 2 nitrogen and oxygen atoms in total. The van der Waals surface area contributed by atoms with E-state index in [2.05, 4.69) is 32.0 Å². The van der Waals surface area contributed by atoms with Crippen LogP contribution in [0.15, 0.2) is 4.99 Å². The SMILES string of the molecule is CSC1CCC(N=C(N)C(C)(C)C)CC1. The highest BCUT2D eigenvalue weighted by Crippen LogP contribution is 2.29. The summed E-state index contributed by atoms with van der Waals surface area (Å²) in [7, 11) is 0. The summed E-state index contributed by atoms with van der Waals surface area (Å²) in [6.07, 6.45) is 7.22. The van der Waals surface area contributed by atoms with Gasteiger partial charge in [-0.25, -0.2) is 0 Å². The van der Waals surface area contributed by atoms with Gasteiger partial charge in [0.1, 0.15) is 0 Å². The Labute approximate surface area is 98.1 Å². The molecule has 0 heterocycles. The maximum atomic E-state index is 5.99. The van der Waals surface area contributed by atoms with Gasteiger partial charge in [-0.2, -0.15) is 11.8 Å². The van der Waals surface area contributed by atoms with Crippen LogP contribution in [0.2, 0.25) is 0 Å². The van der Waals surface area contributed by atoms with E-state index in [1.807, 2.05) is 11.8 Å². The van der Waals surface area contributed by atoms with Crippen LogP contribution in [-0.2, 0) is 0 Å². The second-order valence-corrected chi connectivity index (χ2v) is 6.57. The van der Waals surface area contributed by atoms with Crippen LogP contribution in [0.4, 0.5) is 0 Å². The van der Waals surface area contributed by atoms with Crippen molar-refractivity contribution in [2.75, 3.05) is 6.26 Å². The van der Waals surface area contributed by atoms with Gasteiger partial charge in [0.2, 0.25) is 0 Å². The second-order valence-electron chi connectivity index (χ2n) is 5.43. The maximum Gasteiger partial charge on any atom is 0.0994 e. The molecule has 0 bridgehead atoms. The summed E-state index contributed by atoms with van der Waals surface area (Å²) in [6.45, 7) is 6.37. The van der Waals surface area contributed by atoms with Crippen LogP contribution in [0.1, 0.15) is 46.5 Å². The molecule has 0 saturated heterocycles. The molecule has 0 radical (unpaired) electrons. The molecule has 88 valence electrons. The summed E-state index contributed by atoms with van der Waals surface area (Å²) >= 11 is 1.99. The van der Waals surface area contributed by atoms with Crippen LogP contribution in [0.5, 0.6) is 0 Å². The smallest absolute Gasteiger partial charge is 0.0994 e. The summed E-state index contributed by atoms with van der Waals surface area (Å²) < 4.78 is 0. The Morgan fingerprint density at radius 3 is 2.13 bits per heavy atom. The predicted molar refractivity (Wildman–Crippen MR) is 70.6 cm³/mol. The number of amidine groups is 1. The number of hydrogen-bond donors (Lipinski definition) is 1. The molecular weight excluding hydrogens is 204 g/mol. The van der Waals surface area contributed by atoms with Crippen molar-refractivity contribution < 1.29 is 0 Å².